The highest BCUT2D eigenvalue weighted by Gasteiger charge is 2.21. The summed E-state index contributed by atoms with van der Waals surface area (Å²) in [5, 5.41) is 3.29. The molecule has 0 heterocycles. The number of rotatable bonds is 5. The van der Waals surface area contributed by atoms with E-state index in [1.807, 2.05) is 13.8 Å². The van der Waals surface area contributed by atoms with Crippen LogP contribution in [0.5, 0.6) is 0 Å². The summed E-state index contributed by atoms with van der Waals surface area (Å²) in [7, 11) is 0. The lowest BCUT2D eigenvalue weighted by Crippen LogP contribution is -2.45. The summed E-state index contributed by atoms with van der Waals surface area (Å²) in [6.07, 6.45) is 0. The number of alkyl halides is 2. The third-order valence-corrected chi connectivity index (χ3v) is 3.78. The van der Waals surface area contributed by atoms with Gasteiger partial charge in [0, 0.05) is 23.8 Å². The summed E-state index contributed by atoms with van der Waals surface area (Å²) in [6, 6.07) is 4.76. The Hall–Kier alpha value is -0.310. The van der Waals surface area contributed by atoms with Crippen molar-refractivity contribution in [2.45, 2.75) is 25.9 Å². The fourth-order valence-electron chi connectivity index (χ4n) is 1.30. The minimum absolute atomic E-state index is 0.210. The Morgan fingerprint density at radius 3 is 2.44 bits per heavy atom. The summed E-state index contributed by atoms with van der Waals surface area (Å²) in [5.74, 6) is 0.673. The van der Waals surface area contributed by atoms with Gasteiger partial charge in [0.05, 0.1) is 0 Å². The topological polar surface area (TPSA) is 12.0 Å². The Labute approximate surface area is 106 Å². The first-order chi connectivity index (χ1) is 7.50. The Bertz CT molecular complexity index is 351. The molecule has 1 aromatic rings. The molecule has 0 saturated carbocycles. The second-order valence-corrected chi connectivity index (χ2v) is 4.79. The minimum atomic E-state index is -0.288. The average Bonchev–Trinajstić information content (AvgIpc) is 2.27. The normalized spacial score (nSPS) is 11.8. The SMILES string of the molecule is Cc1cc(F)ccc1CNC(C)(CCl)CCl. The van der Waals surface area contributed by atoms with Crippen LogP contribution >= 0.6 is 23.2 Å². The van der Waals surface area contributed by atoms with E-state index in [-0.39, 0.29) is 11.4 Å². The Morgan fingerprint density at radius 1 is 1.31 bits per heavy atom. The van der Waals surface area contributed by atoms with E-state index in [9.17, 15) is 4.39 Å². The van der Waals surface area contributed by atoms with Crippen LogP contribution in [0, 0.1) is 12.7 Å². The molecule has 16 heavy (non-hydrogen) atoms. The second kappa shape index (κ2) is 5.85. The van der Waals surface area contributed by atoms with E-state index in [0.29, 0.717) is 18.3 Å². The highest BCUT2D eigenvalue weighted by Crippen LogP contribution is 2.14. The summed E-state index contributed by atoms with van der Waals surface area (Å²) in [5.41, 5.74) is 1.70. The molecule has 1 rings (SSSR count). The first-order valence-corrected chi connectivity index (χ1v) is 6.19. The molecule has 0 atom stereocenters. The van der Waals surface area contributed by atoms with Gasteiger partial charge in [-0.15, -0.1) is 23.2 Å². The Morgan fingerprint density at radius 2 is 1.94 bits per heavy atom. The predicted molar refractivity (Wildman–Crippen MR) is 67.8 cm³/mol. The van der Waals surface area contributed by atoms with E-state index in [1.165, 1.54) is 12.1 Å². The Kier molecular flexibility index (Phi) is 5.03. The van der Waals surface area contributed by atoms with Crippen molar-refractivity contribution < 1.29 is 4.39 Å². The van der Waals surface area contributed by atoms with Crippen molar-refractivity contribution in [2.24, 2.45) is 0 Å². The molecular formula is C12H16Cl2FN. The average molecular weight is 264 g/mol. The van der Waals surface area contributed by atoms with Gasteiger partial charge in [-0.05, 0) is 37.1 Å². The molecular weight excluding hydrogens is 248 g/mol. The van der Waals surface area contributed by atoms with Gasteiger partial charge in [-0.25, -0.2) is 4.39 Å². The van der Waals surface area contributed by atoms with Crippen LogP contribution in [-0.2, 0) is 6.54 Å². The van der Waals surface area contributed by atoms with Crippen LogP contribution in [0.25, 0.3) is 0 Å². The fraction of sp³-hybridized carbons (Fsp3) is 0.500. The quantitative estimate of drug-likeness (QED) is 0.803. The molecule has 0 radical (unpaired) electrons. The molecule has 0 aromatic heterocycles. The van der Waals surface area contributed by atoms with Crippen molar-refractivity contribution in [3.05, 3.63) is 35.1 Å². The van der Waals surface area contributed by atoms with E-state index in [1.54, 1.807) is 6.07 Å². The van der Waals surface area contributed by atoms with Crippen molar-refractivity contribution in [1.82, 2.24) is 5.32 Å². The van der Waals surface area contributed by atoms with Crippen molar-refractivity contribution in [3.8, 4) is 0 Å². The summed E-state index contributed by atoms with van der Waals surface area (Å²) in [6.45, 7) is 4.49. The number of aryl methyl sites for hydroxylation is 1. The zero-order valence-electron chi connectivity index (χ0n) is 9.49. The molecule has 0 aliphatic heterocycles. The van der Waals surface area contributed by atoms with Gasteiger partial charge < -0.3 is 5.32 Å². The van der Waals surface area contributed by atoms with Crippen LogP contribution in [0.4, 0.5) is 4.39 Å². The first kappa shape index (κ1) is 13.8. The van der Waals surface area contributed by atoms with E-state index in [4.69, 9.17) is 23.2 Å². The molecule has 0 amide bonds. The maximum absolute atomic E-state index is 12.9. The van der Waals surface area contributed by atoms with Crippen LogP contribution in [0.2, 0.25) is 0 Å². The molecule has 4 heteroatoms. The van der Waals surface area contributed by atoms with Gasteiger partial charge in [0.15, 0.2) is 0 Å². The van der Waals surface area contributed by atoms with Crippen LogP contribution in [0.1, 0.15) is 18.1 Å². The number of hydrogen-bond donors (Lipinski definition) is 1. The van der Waals surface area contributed by atoms with Crippen molar-refractivity contribution in [1.29, 1.82) is 0 Å². The van der Waals surface area contributed by atoms with E-state index >= 15 is 0 Å². The molecule has 0 saturated heterocycles. The summed E-state index contributed by atoms with van der Waals surface area (Å²) < 4.78 is 12.9. The maximum Gasteiger partial charge on any atom is 0.123 e. The van der Waals surface area contributed by atoms with E-state index in [2.05, 4.69) is 5.32 Å². The monoisotopic (exact) mass is 263 g/mol. The van der Waals surface area contributed by atoms with Crippen LogP contribution < -0.4 is 5.32 Å². The van der Waals surface area contributed by atoms with Crippen LogP contribution in [0.15, 0.2) is 18.2 Å². The summed E-state index contributed by atoms with van der Waals surface area (Å²) in [4.78, 5) is 0. The van der Waals surface area contributed by atoms with Gasteiger partial charge in [0.1, 0.15) is 5.82 Å². The lowest BCUT2D eigenvalue weighted by Gasteiger charge is -2.26. The molecule has 0 fully saturated rings. The molecule has 0 spiro atoms. The molecule has 0 aliphatic carbocycles. The second-order valence-electron chi connectivity index (χ2n) is 4.25. The lowest BCUT2D eigenvalue weighted by atomic mass is 10.1. The van der Waals surface area contributed by atoms with Crippen molar-refractivity contribution >= 4 is 23.2 Å². The molecule has 1 nitrogen and oxygen atoms in total. The maximum atomic E-state index is 12.9. The highest BCUT2D eigenvalue weighted by atomic mass is 35.5. The largest absolute Gasteiger partial charge is 0.305 e. The van der Waals surface area contributed by atoms with E-state index < -0.39 is 0 Å². The smallest absolute Gasteiger partial charge is 0.123 e. The zero-order valence-corrected chi connectivity index (χ0v) is 11.0. The van der Waals surface area contributed by atoms with Crippen LogP contribution in [-0.4, -0.2) is 17.3 Å². The van der Waals surface area contributed by atoms with Gasteiger partial charge in [0.2, 0.25) is 0 Å². The van der Waals surface area contributed by atoms with Gasteiger partial charge in [-0.1, -0.05) is 6.07 Å². The number of nitrogens with one attached hydrogen (secondary N) is 1. The third-order valence-electron chi connectivity index (χ3n) is 2.60. The van der Waals surface area contributed by atoms with Crippen molar-refractivity contribution in [3.63, 3.8) is 0 Å². The molecule has 1 aromatic carbocycles. The summed E-state index contributed by atoms with van der Waals surface area (Å²) >= 11 is 11.7. The number of hydrogen-bond acceptors (Lipinski definition) is 1. The number of halogens is 3. The van der Waals surface area contributed by atoms with E-state index in [0.717, 1.165) is 11.1 Å². The molecule has 1 N–H and O–H groups in total. The van der Waals surface area contributed by atoms with Crippen molar-refractivity contribution in [2.75, 3.05) is 11.8 Å². The van der Waals surface area contributed by atoms with Gasteiger partial charge >= 0.3 is 0 Å². The molecule has 0 aliphatic rings. The fourth-order valence-corrected chi connectivity index (χ4v) is 1.77. The predicted octanol–water partition coefficient (Wildman–Crippen LogP) is 3.46. The lowest BCUT2D eigenvalue weighted by molar-refractivity contribution is 0.434. The molecule has 0 bridgehead atoms. The Balaban J connectivity index is 2.67. The van der Waals surface area contributed by atoms with Gasteiger partial charge in [0.25, 0.3) is 0 Å². The number of benzene rings is 1. The van der Waals surface area contributed by atoms with Crippen LogP contribution in [0.3, 0.4) is 0 Å². The third kappa shape index (κ3) is 3.62. The van der Waals surface area contributed by atoms with Gasteiger partial charge in [-0.3, -0.25) is 0 Å². The highest BCUT2D eigenvalue weighted by molar-refractivity contribution is 6.22. The van der Waals surface area contributed by atoms with Gasteiger partial charge in [-0.2, -0.15) is 0 Å². The molecule has 0 unspecified atom stereocenters. The zero-order chi connectivity index (χ0) is 12.2. The minimum Gasteiger partial charge on any atom is -0.305 e. The first-order valence-electron chi connectivity index (χ1n) is 5.13. The molecule has 90 valence electrons. The standard InChI is InChI=1S/C12H16Cl2FN/c1-9-5-11(15)4-3-10(9)6-16-12(2,7-13)8-14/h3-5,16H,6-8H2,1-2H3.